The van der Waals surface area contributed by atoms with Crippen molar-refractivity contribution in [3.63, 3.8) is 0 Å². The van der Waals surface area contributed by atoms with Crippen LogP contribution < -0.4 is 0 Å². The minimum Gasteiger partial charge on any atom is -0.391 e. The summed E-state index contributed by atoms with van der Waals surface area (Å²) in [4.78, 5) is 10.8. The van der Waals surface area contributed by atoms with Gasteiger partial charge in [0.15, 0.2) is 0 Å². The van der Waals surface area contributed by atoms with E-state index in [9.17, 15) is 4.39 Å². The molecule has 2 aromatic carbocycles. The molecular weight excluding hydrogens is 335 g/mol. The maximum Gasteiger partial charge on any atom is 0.142 e. The predicted octanol–water partition coefficient (Wildman–Crippen LogP) is 5.23. The molecule has 126 valence electrons. The van der Waals surface area contributed by atoms with E-state index < -0.39 is 0 Å². The first-order valence-corrected chi connectivity index (χ1v) is 8.62. The fraction of sp³-hybridized carbons (Fsp3) is 0.100. The van der Waals surface area contributed by atoms with E-state index in [0.717, 1.165) is 21.0 Å². The Morgan fingerprint density at radius 1 is 1.12 bits per heavy atom. The van der Waals surface area contributed by atoms with Gasteiger partial charge in [0.25, 0.3) is 0 Å². The molecule has 5 heteroatoms. The molecule has 25 heavy (non-hydrogen) atoms. The first-order valence-electron chi connectivity index (χ1n) is 7.80. The van der Waals surface area contributed by atoms with Crippen molar-refractivity contribution in [2.24, 2.45) is 5.16 Å². The van der Waals surface area contributed by atoms with Crippen molar-refractivity contribution in [3.05, 3.63) is 89.4 Å². The van der Waals surface area contributed by atoms with E-state index in [1.165, 1.54) is 17.7 Å². The SMILES string of the molecule is Cc1ccc(Sc2ncccc2/C=N\OCc2cccc(F)c2)cc1. The molecule has 0 N–H and O–H groups in total. The lowest BCUT2D eigenvalue weighted by molar-refractivity contribution is 0.132. The average molecular weight is 352 g/mol. The quantitative estimate of drug-likeness (QED) is 0.450. The zero-order valence-electron chi connectivity index (χ0n) is 13.7. The van der Waals surface area contributed by atoms with Crippen LogP contribution in [-0.4, -0.2) is 11.2 Å². The molecule has 0 atom stereocenters. The molecule has 1 heterocycles. The molecule has 3 rings (SSSR count). The Balaban J connectivity index is 1.65. The minimum atomic E-state index is -0.283. The second-order valence-electron chi connectivity index (χ2n) is 5.45. The van der Waals surface area contributed by atoms with E-state index in [4.69, 9.17) is 4.84 Å². The lowest BCUT2D eigenvalue weighted by atomic mass is 10.2. The molecule has 0 saturated heterocycles. The molecule has 0 amide bonds. The number of aromatic nitrogens is 1. The summed E-state index contributed by atoms with van der Waals surface area (Å²) in [6.45, 7) is 2.28. The predicted molar refractivity (Wildman–Crippen MR) is 98.3 cm³/mol. The van der Waals surface area contributed by atoms with Gasteiger partial charge in [0, 0.05) is 16.7 Å². The van der Waals surface area contributed by atoms with E-state index >= 15 is 0 Å². The summed E-state index contributed by atoms with van der Waals surface area (Å²) in [6.07, 6.45) is 3.38. The van der Waals surface area contributed by atoms with E-state index in [2.05, 4.69) is 41.3 Å². The molecule has 0 fully saturated rings. The van der Waals surface area contributed by atoms with Crippen molar-refractivity contribution in [1.82, 2.24) is 4.98 Å². The van der Waals surface area contributed by atoms with Crippen LogP contribution in [0.15, 0.2) is 81.9 Å². The van der Waals surface area contributed by atoms with Gasteiger partial charge in [-0.2, -0.15) is 0 Å². The van der Waals surface area contributed by atoms with Crippen molar-refractivity contribution in [3.8, 4) is 0 Å². The second kappa shape index (κ2) is 8.44. The van der Waals surface area contributed by atoms with Gasteiger partial charge in [-0.3, -0.25) is 0 Å². The molecule has 0 spiro atoms. The van der Waals surface area contributed by atoms with Gasteiger partial charge >= 0.3 is 0 Å². The Bertz CT molecular complexity index is 866. The first kappa shape index (κ1) is 17.2. The topological polar surface area (TPSA) is 34.5 Å². The van der Waals surface area contributed by atoms with E-state index in [1.54, 1.807) is 36.3 Å². The molecule has 0 bridgehead atoms. The number of aryl methyl sites for hydroxylation is 1. The number of pyridine rings is 1. The van der Waals surface area contributed by atoms with Crippen molar-refractivity contribution >= 4 is 18.0 Å². The van der Waals surface area contributed by atoms with Crippen LogP contribution in [0.4, 0.5) is 4.39 Å². The van der Waals surface area contributed by atoms with Gasteiger partial charge < -0.3 is 4.84 Å². The fourth-order valence-electron chi connectivity index (χ4n) is 2.14. The average Bonchev–Trinajstić information content (AvgIpc) is 2.62. The summed E-state index contributed by atoms with van der Waals surface area (Å²) in [7, 11) is 0. The smallest absolute Gasteiger partial charge is 0.142 e. The van der Waals surface area contributed by atoms with Crippen molar-refractivity contribution in [2.45, 2.75) is 23.5 Å². The summed E-state index contributed by atoms with van der Waals surface area (Å²) in [5.41, 5.74) is 2.82. The molecule has 0 aliphatic carbocycles. The van der Waals surface area contributed by atoms with Gasteiger partial charge in [0.2, 0.25) is 0 Å². The highest BCUT2D eigenvalue weighted by atomic mass is 32.2. The number of halogens is 1. The van der Waals surface area contributed by atoms with Crippen LogP contribution in [-0.2, 0) is 11.4 Å². The lowest BCUT2D eigenvalue weighted by Gasteiger charge is -2.05. The summed E-state index contributed by atoms with van der Waals surface area (Å²) in [5.74, 6) is -0.283. The van der Waals surface area contributed by atoms with Crippen LogP contribution in [0.5, 0.6) is 0 Å². The van der Waals surface area contributed by atoms with Gasteiger partial charge in [-0.15, -0.1) is 0 Å². The maximum atomic E-state index is 13.1. The maximum absolute atomic E-state index is 13.1. The Morgan fingerprint density at radius 2 is 1.96 bits per heavy atom. The van der Waals surface area contributed by atoms with Crippen LogP contribution in [0.25, 0.3) is 0 Å². The number of benzene rings is 2. The molecule has 0 radical (unpaired) electrons. The number of oxime groups is 1. The third kappa shape index (κ3) is 5.16. The highest BCUT2D eigenvalue weighted by molar-refractivity contribution is 7.99. The number of hydrogen-bond donors (Lipinski definition) is 0. The highest BCUT2D eigenvalue weighted by Crippen LogP contribution is 2.28. The van der Waals surface area contributed by atoms with Crippen molar-refractivity contribution in [2.75, 3.05) is 0 Å². The summed E-state index contributed by atoms with van der Waals surface area (Å²) in [6, 6.07) is 18.3. The van der Waals surface area contributed by atoms with Crippen LogP contribution in [0.3, 0.4) is 0 Å². The third-order valence-corrected chi connectivity index (χ3v) is 4.46. The Morgan fingerprint density at radius 3 is 2.76 bits per heavy atom. The summed E-state index contributed by atoms with van der Waals surface area (Å²) >= 11 is 1.57. The Kier molecular flexibility index (Phi) is 5.80. The summed E-state index contributed by atoms with van der Waals surface area (Å²) < 4.78 is 13.1. The number of hydrogen-bond acceptors (Lipinski definition) is 4. The van der Waals surface area contributed by atoms with E-state index in [-0.39, 0.29) is 12.4 Å². The lowest BCUT2D eigenvalue weighted by Crippen LogP contribution is -1.92. The van der Waals surface area contributed by atoms with Gasteiger partial charge in [-0.1, -0.05) is 46.7 Å². The molecule has 3 nitrogen and oxygen atoms in total. The van der Waals surface area contributed by atoms with E-state index in [0.29, 0.717) is 0 Å². The molecule has 0 unspecified atom stereocenters. The van der Waals surface area contributed by atoms with E-state index in [1.807, 2.05) is 12.1 Å². The largest absolute Gasteiger partial charge is 0.391 e. The minimum absolute atomic E-state index is 0.217. The van der Waals surface area contributed by atoms with Gasteiger partial charge in [-0.25, -0.2) is 9.37 Å². The van der Waals surface area contributed by atoms with Crippen LogP contribution >= 0.6 is 11.8 Å². The molecule has 1 aromatic heterocycles. The van der Waals surface area contributed by atoms with Gasteiger partial charge in [0.05, 0.1) is 6.21 Å². The second-order valence-corrected chi connectivity index (χ2v) is 6.51. The molecule has 0 saturated carbocycles. The molecule has 3 aromatic rings. The Labute approximate surface area is 150 Å². The monoisotopic (exact) mass is 352 g/mol. The van der Waals surface area contributed by atoms with Crippen molar-refractivity contribution < 1.29 is 9.23 Å². The van der Waals surface area contributed by atoms with Crippen LogP contribution in [0.1, 0.15) is 16.7 Å². The van der Waals surface area contributed by atoms with Crippen molar-refractivity contribution in [1.29, 1.82) is 0 Å². The normalized spacial score (nSPS) is 11.0. The van der Waals surface area contributed by atoms with Gasteiger partial charge in [-0.05, 0) is 48.9 Å². The third-order valence-electron chi connectivity index (χ3n) is 3.42. The first-order chi connectivity index (χ1) is 12.2. The highest BCUT2D eigenvalue weighted by Gasteiger charge is 2.04. The van der Waals surface area contributed by atoms with Crippen LogP contribution in [0, 0.1) is 12.7 Å². The van der Waals surface area contributed by atoms with Gasteiger partial charge in [0.1, 0.15) is 17.5 Å². The number of nitrogens with zero attached hydrogens (tertiary/aromatic N) is 2. The zero-order valence-corrected chi connectivity index (χ0v) is 14.5. The molecule has 0 aliphatic heterocycles. The standard InChI is InChI=1S/C20H17FN2OS/c1-15-7-9-19(10-8-15)25-20-17(5-3-11-22-20)13-23-24-14-16-4-2-6-18(21)12-16/h2-13H,14H2,1H3/b23-13-. The fourth-order valence-corrected chi connectivity index (χ4v) is 2.98. The number of rotatable bonds is 6. The molecular formula is C20H17FN2OS. The molecule has 0 aliphatic rings. The zero-order chi connectivity index (χ0) is 17.5. The Hall–Kier alpha value is -2.66. The summed E-state index contributed by atoms with van der Waals surface area (Å²) in [5, 5.41) is 4.83. The van der Waals surface area contributed by atoms with Crippen LogP contribution in [0.2, 0.25) is 0 Å².